The second kappa shape index (κ2) is 8.11. The van der Waals surface area contributed by atoms with Gasteiger partial charge in [-0.2, -0.15) is 0 Å². The van der Waals surface area contributed by atoms with E-state index in [4.69, 9.17) is 4.74 Å². The van der Waals surface area contributed by atoms with Crippen LogP contribution in [0.3, 0.4) is 0 Å². The smallest absolute Gasteiger partial charge is 0.258 e. The molecule has 0 radical (unpaired) electrons. The van der Waals surface area contributed by atoms with E-state index in [1.165, 1.54) is 10.8 Å². The van der Waals surface area contributed by atoms with E-state index < -0.39 is 0 Å². The number of rotatable bonds is 5. The Kier molecular flexibility index (Phi) is 5.01. The van der Waals surface area contributed by atoms with E-state index in [1.807, 2.05) is 72.5 Å². The predicted molar refractivity (Wildman–Crippen MR) is 127 cm³/mol. The summed E-state index contributed by atoms with van der Waals surface area (Å²) in [7, 11) is 0. The van der Waals surface area contributed by atoms with E-state index in [2.05, 4.69) is 36.4 Å². The molecule has 0 unspecified atom stereocenters. The van der Waals surface area contributed by atoms with E-state index in [9.17, 15) is 4.79 Å². The first-order valence-electron chi connectivity index (χ1n) is 10.6. The van der Waals surface area contributed by atoms with Crippen molar-refractivity contribution >= 4 is 34.0 Å². The molecular weight excluding hydrogens is 382 g/mol. The number of ether oxygens (including phenoxy) is 1. The highest BCUT2D eigenvalue weighted by Crippen LogP contribution is 2.37. The van der Waals surface area contributed by atoms with Gasteiger partial charge in [-0.3, -0.25) is 4.79 Å². The molecule has 1 amide bonds. The molecule has 1 heterocycles. The summed E-state index contributed by atoms with van der Waals surface area (Å²) in [6, 6.07) is 30.5. The molecule has 1 aliphatic rings. The summed E-state index contributed by atoms with van der Waals surface area (Å²) in [5.41, 5.74) is 4.86. The fourth-order valence-corrected chi connectivity index (χ4v) is 4.17. The first-order valence-corrected chi connectivity index (χ1v) is 10.6. The zero-order chi connectivity index (χ0) is 21.2. The van der Waals surface area contributed by atoms with Crippen LogP contribution in [0.15, 0.2) is 91.0 Å². The molecule has 0 saturated heterocycles. The number of para-hydroxylation sites is 1. The first kappa shape index (κ1) is 19.1. The van der Waals surface area contributed by atoms with Gasteiger partial charge in [-0.25, -0.2) is 0 Å². The van der Waals surface area contributed by atoms with Gasteiger partial charge in [0.05, 0.1) is 5.69 Å². The topological polar surface area (TPSA) is 29.5 Å². The van der Waals surface area contributed by atoms with Crippen LogP contribution in [0.25, 0.3) is 22.4 Å². The van der Waals surface area contributed by atoms with E-state index in [1.54, 1.807) is 0 Å². The predicted octanol–water partition coefficient (Wildman–Crippen LogP) is 6.33. The van der Waals surface area contributed by atoms with Crippen molar-refractivity contribution in [1.82, 2.24) is 0 Å². The number of benzene rings is 4. The van der Waals surface area contributed by atoms with Crippen LogP contribution < -0.4 is 9.64 Å². The van der Waals surface area contributed by atoms with Gasteiger partial charge in [0.2, 0.25) is 0 Å². The van der Waals surface area contributed by atoms with Crippen molar-refractivity contribution in [2.24, 2.45) is 0 Å². The zero-order valence-electron chi connectivity index (χ0n) is 17.4. The summed E-state index contributed by atoms with van der Waals surface area (Å²) in [6.45, 7) is 3.17. The molecule has 0 spiro atoms. The molecule has 31 heavy (non-hydrogen) atoms. The minimum atomic E-state index is 0.0555. The highest BCUT2D eigenvalue weighted by atomic mass is 16.5. The van der Waals surface area contributed by atoms with Crippen molar-refractivity contribution in [3.63, 3.8) is 0 Å². The fourth-order valence-electron chi connectivity index (χ4n) is 4.17. The maximum atomic E-state index is 12.9. The maximum Gasteiger partial charge on any atom is 0.258 e. The lowest BCUT2D eigenvalue weighted by Crippen LogP contribution is -2.25. The van der Waals surface area contributed by atoms with Crippen LogP contribution in [0.2, 0.25) is 0 Å². The molecule has 4 aromatic rings. The van der Waals surface area contributed by atoms with E-state index in [0.717, 1.165) is 33.7 Å². The van der Waals surface area contributed by atoms with Gasteiger partial charge in [0, 0.05) is 17.7 Å². The van der Waals surface area contributed by atoms with Crippen LogP contribution in [0, 0.1) is 0 Å². The third-order valence-electron chi connectivity index (χ3n) is 5.74. The molecule has 0 fully saturated rings. The number of nitrogens with zero attached hydrogens (tertiary/aromatic N) is 1. The lowest BCUT2D eigenvalue weighted by atomic mass is 10.0. The normalized spacial score (nSPS) is 14.3. The molecule has 4 aromatic carbocycles. The Balaban J connectivity index is 1.35. The number of anilines is 1. The first-order chi connectivity index (χ1) is 15.2. The molecule has 3 nitrogen and oxygen atoms in total. The van der Waals surface area contributed by atoms with Crippen LogP contribution in [0.5, 0.6) is 5.75 Å². The molecule has 0 atom stereocenters. The maximum absolute atomic E-state index is 12.9. The van der Waals surface area contributed by atoms with Gasteiger partial charge < -0.3 is 9.64 Å². The number of likely N-dealkylation sites (N-methyl/N-ethyl adjacent to an activating group) is 1. The Labute approximate surface area is 182 Å². The molecule has 0 aliphatic carbocycles. The molecule has 0 saturated carbocycles. The fraction of sp³-hybridized carbons (Fsp3) is 0.107. The average Bonchev–Trinajstić information content (AvgIpc) is 3.09. The minimum absolute atomic E-state index is 0.0555. The number of carbonyl (C=O) groups is 1. The van der Waals surface area contributed by atoms with Crippen LogP contribution in [-0.2, 0) is 11.4 Å². The summed E-state index contributed by atoms with van der Waals surface area (Å²) in [6.07, 6.45) is 1.96. The van der Waals surface area contributed by atoms with Gasteiger partial charge in [-0.05, 0) is 53.1 Å². The van der Waals surface area contributed by atoms with Crippen molar-refractivity contribution in [2.75, 3.05) is 11.4 Å². The molecule has 1 aliphatic heterocycles. The minimum Gasteiger partial charge on any atom is -0.489 e. The summed E-state index contributed by atoms with van der Waals surface area (Å²) in [5, 5.41) is 2.43. The Morgan fingerprint density at radius 1 is 0.839 bits per heavy atom. The number of hydrogen-bond acceptors (Lipinski definition) is 2. The van der Waals surface area contributed by atoms with Gasteiger partial charge in [0.15, 0.2) is 0 Å². The molecule has 152 valence electrons. The van der Waals surface area contributed by atoms with Gasteiger partial charge in [0.1, 0.15) is 12.4 Å². The standard InChI is InChI=1S/C28H23NO2/c1-2-29-27-13-6-5-12-25(27)26(28(29)30)18-20-14-16-23(17-15-20)31-19-22-10-7-9-21-8-3-4-11-24(21)22/h3-18H,2,19H2,1H3/b26-18-. The Hall–Kier alpha value is -3.85. The Morgan fingerprint density at radius 2 is 1.58 bits per heavy atom. The van der Waals surface area contributed by atoms with Gasteiger partial charge in [0.25, 0.3) is 5.91 Å². The van der Waals surface area contributed by atoms with Crippen LogP contribution >= 0.6 is 0 Å². The summed E-state index contributed by atoms with van der Waals surface area (Å²) in [5.74, 6) is 0.864. The lowest BCUT2D eigenvalue weighted by Gasteiger charge is -2.13. The number of hydrogen-bond donors (Lipinski definition) is 0. The van der Waals surface area contributed by atoms with Crippen molar-refractivity contribution in [1.29, 1.82) is 0 Å². The second-order valence-electron chi connectivity index (χ2n) is 7.62. The Bertz CT molecular complexity index is 1280. The van der Waals surface area contributed by atoms with Crippen molar-refractivity contribution in [2.45, 2.75) is 13.5 Å². The van der Waals surface area contributed by atoms with Gasteiger partial charge in [-0.15, -0.1) is 0 Å². The number of fused-ring (bicyclic) bond motifs is 2. The van der Waals surface area contributed by atoms with Crippen LogP contribution in [-0.4, -0.2) is 12.5 Å². The highest BCUT2D eigenvalue weighted by Gasteiger charge is 2.30. The van der Waals surface area contributed by atoms with Crippen molar-refractivity contribution in [3.8, 4) is 5.75 Å². The van der Waals surface area contributed by atoms with E-state index >= 15 is 0 Å². The molecular formula is C28H23NO2. The van der Waals surface area contributed by atoms with Crippen molar-refractivity contribution in [3.05, 3.63) is 108 Å². The largest absolute Gasteiger partial charge is 0.489 e. The van der Waals surface area contributed by atoms with Gasteiger partial charge in [-0.1, -0.05) is 72.8 Å². The van der Waals surface area contributed by atoms with Crippen LogP contribution in [0.1, 0.15) is 23.6 Å². The highest BCUT2D eigenvalue weighted by molar-refractivity contribution is 6.35. The van der Waals surface area contributed by atoms with Crippen molar-refractivity contribution < 1.29 is 9.53 Å². The summed E-state index contributed by atoms with van der Waals surface area (Å²) in [4.78, 5) is 14.7. The van der Waals surface area contributed by atoms with Crippen LogP contribution in [0.4, 0.5) is 5.69 Å². The zero-order valence-corrected chi connectivity index (χ0v) is 17.4. The SMILES string of the molecule is CCN1C(=O)/C(=C\c2ccc(OCc3cccc4ccccc34)cc2)c2ccccc21. The molecule has 0 N–H and O–H groups in total. The molecule has 3 heteroatoms. The molecule has 0 aromatic heterocycles. The monoisotopic (exact) mass is 405 g/mol. The summed E-state index contributed by atoms with van der Waals surface area (Å²) >= 11 is 0. The number of carbonyl (C=O) groups excluding carboxylic acids is 1. The van der Waals surface area contributed by atoms with E-state index in [-0.39, 0.29) is 5.91 Å². The Morgan fingerprint density at radius 3 is 2.42 bits per heavy atom. The van der Waals surface area contributed by atoms with E-state index in [0.29, 0.717) is 13.2 Å². The summed E-state index contributed by atoms with van der Waals surface area (Å²) < 4.78 is 6.04. The van der Waals surface area contributed by atoms with Gasteiger partial charge >= 0.3 is 0 Å². The number of amides is 1. The second-order valence-corrected chi connectivity index (χ2v) is 7.62. The third kappa shape index (κ3) is 3.59. The molecule has 5 rings (SSSR count). The molecule has 0 bridgehead atoms. The third-order valence-corrected chi connectivity index (χ3v) is 5.74. The lowest BCUT2D eigenvalue weighted by molar-refractivity contribution is -0.112. The average molecular weight is 405 g/mol. The quantitative estimate of drug-likeness (QED) is 0.363.